The van der Waals surface area contributed by atoms with Crippen LogP contribution < -0.4 is 0 Å². The molecule has 3 nitrogen and oxygen atoms in total. The number of benzene rings is 1. The Morgan fingerprint density at radius 2 is 1.95 bits per heavy atom. The summed E-state index contributed by atoms with van der Waals surface area (Å²) >= 11 is 0. The maximum absolute atomic E-state index is 13.0. The van der Waals surface area contributed by atoms with E-state index >= 15 is 0 Å². The van der Waals surface area contributed by atoms with Gasteiger partial charge >= 0.3 is 0 Å². The molecule has 2 heterocycles. The van der Waals surface area contributed by atoms with Gasteiger partial charge in [-0.05, 0) is 42.9 Å². The zero-order valence-electron chi connectivity index (χ0n) is 11.7. The minimum Gasteiger partial charge on any atom is -0.385 e. The van der Waals surface area contributed by atoms with Crippen LogP contribution in [0.2, 0.25) is 0 Å². The average Bonchev–Trinajstić information content (AvgIpc) is 2.95. The molecular weight excluding hydrogens is 257 g/mol. The van der Waals surface area contributed by atoms with Gasteiger partial charge in [0, 0.05) is 26.2 Å². The van der Waals surface area contributed by atoms with Gasteiger partial charge in [-0.1, -0.05) is 12.1 Å². The molecule has 1 aromatic rings. The van der Waals surface area contributed by atoms with Crippen LogP contribution in [-0.2, 0) is 10.3 Å². The highest BCUT2D eigenvalue weighted by molar-refractivity contribution is 5.23. The second-order valence-corrected chi connectivity index (χ2v) is 6.07. The predicted octanol–water partition coefficient (Wildman–Crippen LogP) is 2.15. The molecule has 1 atom stereocenters. The van der Waals surface area contributed by atoms with Gasteiger partial charge in [0.1, 0.15) is 5.82 Å². The molecule has 20 heavy (non-hydrogen) atoms. The molecule has 0 aliphatic carbocycles. The number of rotatable bonds is 3. The Balaban J connectivity index is 1.57. The van der Waals surface area contributed by atoms with Gasteiger partial charge in [0.15, 0.2) is 0 Å². The molecule has 2 aliphatic heterocycles. The third kappa shape index (κ3) is 3.03. The summed E-state index contributed by atoms with van der Waals surface area (Å²) in [5, 5.41) is 10.7. The fraction of sp³-hybridized carbons (Fsp3) is 0.625. The van der Waals surface area contributed by atoms with Gasteiger partial charge < -0.3 is 14.7 Å². The summed E-state index contributed by atoms with van der Waals surface area (Å²) < 4.78 is 18.4. The van der Waals surface area contributed by atoms with Gasteiger partial charge in [0.2, 0.25) is 0 Å². The normalized spacial score (nSPS) is 26.8. The first-order valence-corrected chi connectivity index (χ1v) is 7.44. The Morgan fingerprint density at radius 1 is 1.25 bits per heavy atom. The topological polar surface area (TPSA) is 32.7 Å². The number of likely N-dealkylation sites (tertiary alicyclic amines) is 1. The van der Waals surface area contributed by atoms with Gasteiger partial charge in [0.05, 0.1) is 12.2 Å². The van der Waals surface area contributed by atoms with Crippen molar-refractivity contribution < 1.29 is 14.2 Å². The predicted molar refractivity (Wildman–Crippen MR) is 74.9 cm³/mol. The Hall–Kier alpha value is -0.970. The van der Waals surface area contributed by atoms with Crippen molar-refractivity contribution >= 4 is 0 Å². The van der Waals surface area contributed by atoms with Crippen molar-refractivity contribution in [3.63, 3.8) is 0 Å². The summed E-state index contributed by atoms with van der Waals surface area (Å²) in [6.07, 6.45) is 2.58. The van der Waals surface area contributed by atoms with Crippen molar-refractivity contribution in [3.8, 4) is 0 Å². The van der Waals surface area contributed by atoms with Crippen LogP contribution in [0.3, 0.4) is 0 Å². The number of nitrogens with zero attached hydrogens (tertiary/aromatic N) is 1. The molecule has 0 amide bonds. The summed E-state index contributed by atoms with van der Waals surface area (Å²) in [7, 11) is 0. The molecular formula is C16H22FNO2. The minimum atomic E-state index is -0.795. The van der Waals surface area contributed by atoms with Crippen LogP contribution in [0.5, 0.6) is 0 Å². The lowest BCUT2D eigenvalue weighted by Gasteiger charge is -2.39. The third-order valence-electron chi connectivity index (χ3n) is 4.61. The molecule has 2 saturated heterocycles. The Labute approximate surface area is 119 Å². The van der Waals surface area contributed by atoms with Crippen LogP contribution >= 0.6 is 0 Å². The Kier molecular flexibility index (Phi) is 4.06. The highest BCUT2D eigenvalue weighted by atomic mass is 19.1. The van der Waals surface area contributed by atoms with Crippen molar-refractivity contribution in [1.29, 1.82) is 0 Å². The number of ether oxygens (including phenoxy) is 1. The van der Waals surface area contributed by atoms with Crippen LogP contribution in [0.25, 0.3) is 0 Å². The van der Waals surface area contributed by atoms with Crippen molar-refractivity contribution in [2.75, 3.05) is 32.8 Å². The number of hydrogen-bond acceptors (Lipinski definition) is 3. The second-order valence-electron chi connectivity index (χ2n) is 6.07. The lowest BCUT2D eigenvalue weighted by molar-refractivity contribution is -0.0290. The van der Waals surface area contributed by atoms with E-state index < -0.39 is 5.60 Å². The van der Waals surface area contributed by atoms with E-state index in [0.29, 0.717) is 18.8 Å². The standard InChI is InChI=1S/C16H22FNO2/c17-15-3-1-14(2-4-15)16(19)6-8-18(9-7-16)11-13-5-10-20-12-13/h1-4,13,19H,5-12H2/t13-/m0/s1. The maximum Gasteiger partial charge on any atom is 0.123 e. The van der Waals surface area contributed by atoms with Crippen molar-refractivity contribution in [2.24, 2.45) is 5.92 Å². The van der Waals surface area contributed by atoms with Crippen LogP contribution in [0.4, 0.5) is 4.39 Å². The van der Waals surface area contributed by atoms with Crippen LogP contribution in [0, 0.1) is 11.7 Å². The van der Waals surface area contributed by atoms with E-state index in [1.807, 2.05) is 0 Å². The molecule has 0 radical (unpaired) electrons. The quantitative estimate of drug-likeness (QED) is 0.920. The van der Waals surface area contributed by atoms with E-state index in [1.54, 1.807) is 12.1 Å². The van der Waals surface area contributed by atoms with Crippen molar-refractivity contribution in [2.45, 2.75) is 24.9 Å². The van der Waals surface area contributed by atoms with Crippen LogP contribution in [0.1, 0.15) is 24.8 Å². The molecule has 0 aromatic heterocycles. The maximum atomic E-state index is 13.0. The minimum absolute atomic E-state index is 0.254. The fourth-order valence-corrected chi connectivity index (χ4v) is 3.25. The number of aliphatic hydroxyl groups is 1. The number of piperidine rings is 1. The fourth-order valence-electron chi connectivity index (χ4n) is 3.25. The zero-order chi connectivity index (χ0) is 14.0. The Bertz CT molecular complexity index is 434. The number of halogens is 1. The van der Waals surface area contributed by atoms with E-state index in [4.69, 9.17) is 4.74 Å². The second kappa shape index (κ2) is 5.80. The lowest BCUT2D eigenvalue weighted by Crippen LogP contribution is -2.44. The first-order chi connectivity index (χ1) is 9.66. The molecule has 3 rings (SSSR count). The molecule has 1 N–H and O–H groups in total. The molecule has 2 fully saturated rings. The van der Waals surface area contributed by atoms with Gasteiger partial charge in [-0.3, -0.25) is 0 Å². The summed E-state index contributed by atoms with van der Waals surface area (Å²) in [6.45, 7) is 4.62. The summed E-state index contributed by atoms with van der Waals surface area (Å²) in [4.78, 5) is 2.41. The highest BCUT2D eigenvalue weighted by Crippen LogP contribution is 2.33. The van der Waals surface area contributed by atoms with Gasteiger partial charge in [0.25, 0.3) is 0 Å². The van der Waals surface area contributed by atoms with Crippen molar-refractivity contribution in [1.82, 2.24) is 4.90 Å². The largest absolute Gasteiger partial charge is 0.385 e. The molecule has 0 saturated carbocycles. The number of hydrogen-bond donors (Lipinski definition) is 1. The third-order valence-corrected chi connectivity index (χ3v) is 4.61. The molecule has 0 unspecified atom stereocenters. The van der Waals surface area contributed by atoms with E-state index in [-0.39, 0.29) is 5.82 Å². The molecule has 0 spiro atoms. The van der Waals surface area contributed by atoms with Crippen LogP contribution in [-0.4, -0.2) is 42.9 Å². The summed E-state index contributed by atoms with van der Waals surface area (Å²) in [5.41, 5.74) is 0.0406. The van der Waals surface area contributed by atoms with Gasteiger partial charge in [-0.15, -0.1) is 0 Å². The van der Waals surface area contributed by atoms with Gasteiger partial charge in [-0.2, -0.15) is 0 Å². The van der Waals surface area contributed by atoms with Crippen LogP contribution in [0.15, 0.2) is 24.3 Å². The van der Waals surface area contributed by atoms with E-state index in [0.717, 1.165) is 44.8 Å². The Morgan fingerprint density at radius 3 is 2.55 bits per heavy atom. The lowest BCUT2D eigenvalue weighted by atomic mass is 9.84. The summed E-state index contributed by atoms with van der Waals surface area (Å²) in [5.74, 6) is 0.392. The van der Waals surface area contributed by atoms with E-state index in [2.05, 4.69) is 4.90 Å². The van der Waals surface area contributed by atoms with Gasteiger partial charge in [-0.25, -0.2) is 4.39 Å². The monoisotopic (exact) mass is 279 g/mol. The van der Waals surface area contributed by atoms with E-state index in [1.165, 1.54) is 12.1 Å². The zero-order valence-corrected chi connectivity index (χ0v) is 11.7. The van der Waals surface area contributed by atoms with E-state index in [9.17, 15) is 9.50 Å². The molecule has 1 aromatic carbocycles. The average molecular weight is 279 g/mol. The van der Waals surface area contributed by atoms with Crippen molar-refractivity contribution in [3.05, 3.63) is 35.6 Å². The highest BCUT2D eigenvalue weighted by Gasteiger charge is 2.34. The molecule has 2 aliphatic rings. The molecule has 110 valence electrons. The first kappa shape index (κ1) is 14.0. The smallest absolute Gasteiger partial charge is 0.123 e. The molecule has 0 bridgehead atoms. The molecule has 4 heteroatoms. The SMILES string of the molecule is OC1(c2ccc(F)cc2)CCN(C[C@@H]2CCOC2)CC1. The summed E-state index contributed by atoms with van der Waals surface area (Å²) in [6, 6.07) is 6.26. The first-order valence-electron chi connectivity index (χ1n) is 7.44.